The van der Waals surface area contributed by atoms with E-state index in [1.165, 1.54) is 24.9 Å². The van der Waals surface area contributed by atoms with E-state index in [0.29, 0.717) is 12.8 Å². The Bertz CT molecular complexity index is 587. The molecule has 0 bridgehead atoms. The van der Waals surface area contributed by atoms with Gasteiger partial charge in [-0.15, -0.1) is 0 Å². The third-order valence-electron chi connectivity index (χ3n) is 5.32. The lowest BCUT2D eigenvalue weighted by molar-refractivity contribution is -0.134. The van der Waals surface area contributed by atoms with Crippen molar-refractivity contribution in [1.29, 1.82) is 0 Å². The molecule has 0 spiro atoms. The van der Waals surface area contributed by atoms with Crippen molar-refractivity contribution >= 4 is 17.5 Å². The van der Waals surface area contributed by atoms with Crippen LogP contribution in [0.3, 0.4) is 0 Å². The smallest absolute Gasteiger partial charge is 0.234 e. The van der Waals surface area contributed by atoms with Gasteiger partial charge in [-0.25, -0.2) is 0 Å². The average molecular weight is 359 g/mol. The van der Waals surface area contributed by atoms with Crippen LogP contribution in [0.5, 0.6) is 0 Å². The van der Waals surface area contributed by atoms with Crippen LogP contribution in [0, 0.1) is 11.8 Å². The first-order chi connectivity index (χ1) is 12.5. The molecule has 0 aromatic heterocycles. The molecule has 0 aliphatic carbocycles. The summed E-state index contributed by atoms with van der Waals surface area (Å²) in [5.41, 5.74) is 2.26. The number of nitrogens with one attached hydrogen (secondary N) is 1. The first-order valence-corrected chi connectivity index (χ1v) is 10.2. The maximum Gasteiger partial charge on any atom is 0.234 e. The van der Waals surface area contributed by atoms with Crippen molar-refractivity contribution in [1.82, 2.24) is 5.32 Å². The van der Waals surface area contributed by atoms with Crippen LogP contribution in [0.25, 0.3) is 0 Å². The van der Waals surface area contributed by atoms with Gasteiger partial charge in [0.1, 0.15) is 0 Å². The van der Waals surface area contributed by atoms with E-state index in [2.05, 4.69) is 48.3 Å². The molecular formula is C22H34N2O2. The standard InChI is InChI=1S/C20H28N2O2.C2H6/c1-14(2)13-15-9-11-22(12-10-15)17-5-3-16(4-6-17)18-7-8-19(23)21-20(18)24;1-2/h3-6,14-15,18H,7-13H2,1-2H3,(H,21,23,24);1-2H3. The van der Waals surface area contributed by atoms with Crippen molar-refractivity contribution in [2.24, 2.45) is 11.8 Å². The third-order valence-corrected chi connectivity index (χ3v) is 5.32. The fourth-order valence-electron chi connectivity index (χ4n) is 4.02. The lowest BCUT2D eigenvalue weighted by Crippen LogP contribution is -2.39. The molecule has 2 amide bonds. The topological polar surface area (TPSA) is 49.4 Å². The first-order valence-electron chi connectivity index (χ1n) is 10.2. The minimum absolute atomic E-state index is 0.155. The molecule has 2 saturated heterocycles. The molecule has 1 aromatic rings. The zero-order valence-electron chi connectivity index (χ0n) is 16.8. The number of imide groups is 1. The zero-order valence-corrected chi connectivity index (χ0v) is 16.8. The second kappa shape index (κ2) is 9.75. The van der Waals surface area contributed by atoms with Crippen molar-refractivity contribution in [2.45, 2.75) is 65.7 Å². The van der Waals surface area contributed by atoms with Gasteiger partial charge in [-0.3, -0.25) is 14.9 Å². The summed E-state index contributed by atoms with van der Waals surface area (Å²) in [6.45, 7) is 10.9. The van der Waals surface area contributed by atoms with Gasteiger partial charge in [0.05, 0.1) is 5.92 Å². The molecule has 4 heteroatoms. The van der Waals surface area contributed by atoms with Gasteiger partial charge in [-0.2, -0.15) is 0 Å². The monoisotopic (exact) mass is 358 g/mol. The van der Waals surface area contributed by atoms with Crippen molar-refractivity contribution < 1.29 is 9.59 Å². The lowest BCUT2D eigenvalue weighted by atomic mass is 9.88. The number of nitrogens with zero attached hydrogens (tertiary/aromatic N) is 1. The quantitative estimate of drug-likeness (QED) is 0.807. The number of hydrogen-bond acceptors (Lipinski definition) is 3. The molecule has 2 heterocycles. The lowest BCUT2D eigenvalue weighted by Gasteiger charge is -2.34. The van der Waals surface area contributed by atoms with Crippen LogP contribution in [0.1, 0.15) is 71.3 Å². The molecule has 144 valence electrons. The van der Waals surface area contributed by atoms with E-state index >= 15 is 0 Å². The molecule has 1 aromatic carbocycles. The Morgan fingerprint density at radius 3 is 2.19 bits per heavy atom. The Morgan fingerprint density at radius 1 is 1.04 bits per heavy atom. The largest absolute Gasteiger partial charge is 0.372 e. The third kappa shape index (κ3) is 5.33. The maximum absolute atomic E-state index is 12.0. The molecule has 1 N–H and O–H groups in total. The number of carbonyl (C=O) groups is 2. The van der Waals surface area contributed by atoms with Crippen LogP contribution in [0.2, 0.25) is 0 Å². The fraction of sp³-hybridized carbons (Fsp3) is 0.636. The maximum atomic E-state index is 12.0. The van der Waals surface area contributed by atoms with E-state index in [1.54, 1.807) is 0 Å². The molecule has 3 rings (SSSR count). The van der Waals surface area contributed by atoms with E-state index in [9.17, 15) is 9.59 Å². The second-order valence-corrected chi connectivity index (χ2v) is 7.66. The van der Waals surface area contributed by atoms with Crippen LogP contribution in [-0.2, 0) is 9.59 Å². The summed E-state index contributed by atoms with van der Waals surface area (Å²) in [4.78, 5) is 25.7. The van der Waals surface area contributed by atoms with Crippen LogP contribution in [0.4, 0.5) is 5.69 Å². The molecule has 1 unspecified atom stereocenters. The van der Waals surface area contributed by atoms with Crippen LogP contribution >= 0.6 is 0 Å². The van der Waals surface area contributed by atoms with Crippen molar-refractivity contribution in [3.8, 4) is 0 Å². The molecule has 26 heavy (non-hydrogen) atoms. The molecule has 0 radical (unpaired) electrons. The summed E-state index contributed by atoms with van der Waals surface area (Å²) < 4.78 is 0. The highest BCUT2D eigenvalue weighted by atomic mass is 16.2. The molecule has 2 fully saturated rings. The summed E-state index contributed by atoms with van der Waals surface area (Å²) in [5, 5.41) is 2.44. The van der Waals surface area contributed by atoms with Gasteiger partial charge in [0.2, 0.25) is 11.8 Å². The summed E-state index contributed by atoms with van der Waals surface area (Å²) >= 11 is 0. The summed E-state index contributed by atoms with van der Waals surface area (Å²) in [6.07, 6.45) is 4.93. The van der Waals surface area contributed by atoms with Gasteiger partial charge in [0.15, 0.2) is 0 Å². The zero-order chi connectivity index (χ0) is 19.1. The van der Waals surface area contributed by atoms with Gasteiger partial charge in [-0.1, -0.05) is 39.8 Å². The van der Waals surface area contributed by atoms with E-state index < -0.39 is 0 Å². The highest BCUT2D eigenvalue weighted by Gasteiger charge is 2.28. The molecule has 2 aliphatic rings. The Balaban J connectivity index is 0.00000117. The number of rotatable bonds is 4. The SMILES string of the molecule is CC.CC(C)CC1CCN(c2ccc(C3CCC(=O)NC3=O)cc2)CC1. The van der Waals surface area contributed by atoms with E-state index in [1.807, 2.05) is 13.8 Å². The number of carbonyl (C=O) groups excluding carboxylic acids is 2. The van der Waals surface area contributed by atoms with Crippen molar-refractivity contribution in [3.05, 3.63) is 29.8 Å². The minimum Gasteiger partial charge on any atom is -0.372 e. The Kier molecular flexibility index (Phi) is 7.67. The molecule has 4 nitrogen and oxygen atoms in total. The van der Waals surface area contributed by atoms with Gasteiger partial charge in [-0.05, 0) is 55.2 Å². The van der Waals surface area contributed by atoms with Crippen LogP contribution in [0.15, 0.2) is 24.3 Å². The van der Waals surface area contributed by atoms with Gasteiger partial charge < -0.3 is 4.90 Å². The summed E-state index contributed by atoms with van der Waals surface area (Å²) in [5.74, 6) is 1.15. The molecular weight excluding hydrogens is 324 g/mol. The van der Waals surface area contributed by atoms with Crippen molar-refractivity contribution in [2.75, 3.05) is 18.0 Å². The number of benzene rings is 1. The Labute approximate surface area is 158 Å². The fourth-order valence-corrected chi connectivity index (χ4v) is 4.02. The molecule has 0 saturated carbocycles. The van der Waals surface area contributed by atoms with E-state index in [-0.39, 0.29) is 17.7 Å². The number of piperidine rings is 2. The van der Waals surface area contributed by atoms with Crippen molar-refractivity contribution in [3.63, 3.8) is 0 Å². The molecule has 2 aliphatic heterocycles. The summed E-state index contributed by atoms with van der Waals surface area (Å²) in [6, 6.07) is 8.36. The van der Waals surface area contributed by atoms with Crippen LogP contribution < -0.4 is 10.2 Å². The second-order valence-electron chi connectivity index (χ2n) is 7.66. The number of hydrogen-bond donors (Lipinski definition) is 1. The average Bonchev–Trinajstić information content (AvgIpc) is 2.64. The number of anilines is 1. The van der Waals surface area contributed by atoms with E-state index in [0.717, 1.165) is 30.5 Å². The predicted octanol–water partition coefficient (Wildman–Crippen LogP) is 4.50. The highest BCUT2D eigenvalue weighted by molar-refractivity contribution is 6.00. The van der Waals surface area contributed by atoms with E-state index in [4.69, 9.17) is 0 Å². The first kappa shape index (κ1) is 20.5. The van der Waals surface area contributed by atoms with Gasteiger partial charge >= 0.3 is 0 Å². The summed E-state index contributed by atoms with van der Waals surface area (Å²) in [7, 11) is 0. The Morgan fingerprint density at radius 2 is 1.65 bits per heavy atom. The van der Waals surface area contributed by atoms with Gasteiger partial charge in [0.25, 0.3) is 0 Å². The normalized spacial score (nSPS) is 21.3. The molecule has 1 atom stereocenters. The predicted molar refractivity (Wildman–Crippen MR) is 107 cm³/mol. The minimum atomic E-state index is -0.187. The Hall–Kier alpha value is -1.84. The number of amides is 2. The van der Waals surface area contributed by atoms with Gasteiger partial charge in [0, 0.05) is 25.2 Å². The highest BCUT2D eigenvalue weighted by Crippen LogP contribution is 2.30. The van der Waals surface area contributed by atoms with Crippen LogP contribution in [-0.4, -0.2) is 24.9 Å².